The highest BCUT2D eigenvalue weighted by molar-refractivity contribution is 5.89. The number of rotatable bonds is 8. The van der Waals surface area contributed by atoms with E-state index in [-0.39, 0.29) is 10.9 Å². The van der Waals surface area contributed by atoms with Crippen LogP contribution in [0.15, 0.2) is 55.1 Å². The Kier molecular flexibility index (Phi) is 7.57. The summed E-state index contributed by atoms with van der Waals surface area (Å²) in [5.74, 6) is -1.13. The van der Waals surface area contributed by atoms with Crippen LogP contribution in [0.1, 0.15) is 63.0 Å². The maximum atomic E-state index is 14.9. The highest BCUT2D eigenvalue weighted by Crippen LogP contribution is 2.35. The van der Waals surface area contributed by atoms with E-state index in [1.807, 2.05) is 30.3 Å². The summed E-state index contributed by atoms with van der Waals surface area (Å²) in [7, 11) is 0. The van der Waals surface area contributed by atoms with E-state index in [1.54, 1.807) is 25.1 Å². The molecule has 3 aromatic carbocycles. The standard InChI is InChI=1S/C30H33F3/c1-3-5-6-20-7-9-21(10-8-20)11-12-22-13-15-24(16-14-22)26-19-25-18-17-23(4-2)28(31)27(25)30(33)29(26)32/h3,13-21H,1,4-12H2,2H3. The molecule has 0 atom stereocenters. The molecule has 0 saturated heterocycles. The van der Waals surface area contributed by atoms with Crippen LogP contribution in [0.2, 0.25) is 0 Å². The molecule has 0 bridgehead atoms. The average Bonchev–Trinajstić information content (AvgIpc) is 2.84. The van der Waals surface area contributed by atoms with Gasteiger partial charge in [0.15, 0.2) is 11.6 Å². The van der Waals surface area contributed by atoms with Crippen LogP contribution in [0.3, 0.4) is 0 Å². The van der Waals surface area contributed by atoms with Crippen LogP contribution in [-0.4, -0.2) is 0 Å². The van der Waals surface area contributed by atoms with E-state index < -0.39 is 17.5 Å². The SMILES string of the molecule is C=CCCC1CCC(CCc2ccc(-c3cc4ccc(CC)c(F)c4c(F)c3F)cc2)CC1. The molecule has 0 N–H and O–H groups in total. The Bertz CT molecular complexity index is 1110. The number of hydrogen-bond acceptors (Lipinski definition) is 0. The van der Waals surface area contributed by atoms with Crippen LogP contribution in [0, 0.1) is 29.3 Å². The van der Waals surface area contributed by atoms with Gasteiger partial charge in [-0.25, -0.2) is 13.2 Å². The Labute approximate surface area is 195 Å². The largest absolute Gasteiger partial charge is 0.206 e. The number of fused-ring (bicyclic) bond motifs is 1. The first kappa shape index (κ1) is 23.6. The second-order valence-corrected chi connectivity index (χ2v) is 9.53. The Morgan fingerprint density at radius 3 is 2.15 bits per heavy atom. The molecule has 1 saturated carbocycles. The Morgan fingerprint density at radius 1 is 0.848 bits per heavy atom. The molecular weight excluding hydrogens is 417 g/mol. The summed E-state index contributed by atoms with van der Waals surface area (Å²) in [6, 6.07) is 12.6. The van der Waals surface area contributed by atoms with Gasteiger partial charge in [-0.1, -0.05) is 75.1 Å². The quantitative estimate of drug-likeness (QED) is 0.300. The maximum Gasteiger partial charge on any atom is 0.170 e. The van der Waals surface area contributed by atoms with Gasteiger partial charge in [-0.3, -0.25) is 0 Å². The molecule has 1 aliphatic carbocycles. The summed E-state index contributed by atoms with van der Waals surface area (Å²) in [5, 5.41) is 0.123. The smallest absolute Gasteiger partial charge is 0.170 e. The van der Waals surface area contributed by atoms with Crippen molar-refractivity contribution in [2.75, 3.05) is 0 Å². The van der Waals surface area contributed by atoms with Gasteiger partial charge < -0.3 is 0 Å². The second-order valence-electron chi connectivity index (χ2n) is 9.53. The third-order valence-corrected chi connectivity index (χ3v) is 7.44. The van der Waals surface area contributed by atoms with Crippen LogP contribution in [0.5, 0.6) is 0 Å². The van der Waals surface area contributed by atoms with Crippen molar-refractivity contribution in [2.24, 2.45) is 11.8 Å². The minimum absolute atomic E-state index is 0.174. The molecule has 0 heterocycles. The lowest BCUT2D eigenvalue weighted by atomic mass is 9.78. The molecule has 0 spiro atoms. The summed E-state index contributed by atoms with van der Waals surface area (Å²) in [6.45, 7) is 5.62. The minimum atomic E-state index is -1.11. The summed E-state index contributed by atoms with van der Waals surface area (Å²) < 4.78 is 44.3. The predicted octanol–water partition coefficient (Wildman–Crippen LogP) is 9.19. The van der Waals surface area contributed by atoms with E-state index in [2.05, 4.69) is 6.58 Å². The third-order valence-electron chi connectivity index (χ3n) is 7.44. The number of allylic oxidation sites excluding steroid dienone is 1. The average molecular weight is 451 g/mol. The normalized spacial score (nSPS) is 18.5. The number of hydrogen-bond donors (Lipinski definition) is 0. The van der Waals surface area contributed by atoms with Gasteiger partial charge in [0, 0.05) is 5.56 Å². The second kappa shape index (κ2) is 10.6. The summed E-state index contributed by atoms with van der Waals surface area (Å²) in [4.78, 5) is 0. The van der Waals surface area contributed by atoms with E-state index in [9.17, 15) is 13.2 Å². The fraction of sp³-hybridized carbons (Fsp3) is 0.400. The van der Waals surface area contributed by atoms with Crippen molar-refractivity contribution >= 4 is 10.8 Å². The molecule has 33 heavy (non-hydrogen) atoms. The van der Waals surface area contributed by atoms with Crippen molar-refractivity contribution in [1.29, 1.82) is 0 Å². The summed E-state index contributed by atoms with van der Waals surface area (Å²) in [5.41, 5.74) is 2.39. The fourth-order valence-electron chi connectivity index (χ4n) is 5.29. The lowest BCUT2D eigenvalue weighted by molar-refractivity contribution is 0.254. The molecule has 174 valence electrons. The van der Waals surface area contributed by atoms with Crippen LogP contribution in [0.4, 0.5) is 13.2 Å². The van der Waals surface area contributed by atoms with Crippen molar-refractivity contribution in [3.63, 3.8) is 0 Å². The molecule has 0 unspecified atom stereocenters. The first-order valence-corrected chi connectivity index (χ1v) is 12.3. The lowest BCUT2D eigenvalue weighted by Crippen LogP contribution is -2.15. The topological polar surface area (TPSA) is 0 Å². The molecule has 3 aromatic rings. The summed E-state index contributed by atoms with van der Waals surface area (Å²) >= 11 is 0. The van der Waals surface area contributed by atoms with E-state index >= 15 is 0 Å². The van der Waals surface area contributed by atoms with Crippen molar-refractivity contribution in [3.05, 3.63) is 83.7 Å². The third kappa shape index (κ3) is 5.18. The highest BCUT2D eigenvalue weighted by Gasteiger charge is 2.21. The van der Waals surface area contributed by atoms with Gasteiger partial charge in [-0.05, 0) is 72.1 Å². The first-order chi connectivity index (χ1) is 16.0. The maximum absolute atomic E-state index is 14.9. The minimum Gasteiger partial charge on any atom is -0.206 e. The Hall–Kier alpha value is -2.55. The number of benzene rings is 3. The van der Waals surface area contributed by atoms with Gasteiger partial charge in [0.2, 0.25) is 0 Å². The highest BCUT2D eigenvalue weighted by atomic mass is 19.2. The van der Waals surface area contributed by atoms with Gasteiger partial charge in [0.05, 0.1) is 5.39 Å². The van der Waals surface area contributed by atoms with Crippen LogP contribution >= 0.6 is 0 Å². The molecule has 0 nitrogen and oxygen atoms in total. The fourth-order valence-corrected chi connectivity index (χ4v) is 5.29. The molecule has 0 radical (unpaired) electrons. The van der Waals surface area contributed by atoms with E-state index in [4.69, 9.17) is 0 Å². The molecule has 1 aliphatic rings. The molecule has 0 amide bonds. The van der Waals surface area contributed by atoms with Crippen LogP contribution in [-0.2, 0) is 12.8 Å². The monoisotopic (exact) mass is 450 g/mol. The van der Waals surface area contributed by atoms with Crippen molar-refractivity contribution in [3.8, 4) is 11.1 Å². The molecular formula is C30H33F3. The predicted molar refractivity (Wildman–Crippen MR) is 132 cm³/mol. The van der Waals surface area contributed by atoms with Crippen molar-refractivity contribution < 1.29 is 13.2 Å². The van der Waals surface area contributed by atoms with Gasteiger partial charge >= 0.3 is 0 Å². The summed E-state index contributed by atoms with van der Waals surface area (Å²) in [6.07, 6.45) is 12.3. The zero-order chi connectivity index (χ0) is 23.4. The zero-order valence-corrected chi connectivity index (χ0v) is 19.5. The molecule has 0 aromatic heterocycles. The molecule has 0 aliphatic heterocycles. The number of halogens is 3. The Morgan fingerprint density at radius 2 is 1.52 bits per heavy atom. The van der Waals surface area contributed by atoms with Gasteiger partial charge in [0.1, 0.15) is 5.82 Å². The van der Waals surface area contributed by atoms with Crippen molar-refractivity contribution in [1.82, 2.24) is 0 Å². The van der Waals surface area contributed by atoms with Gasteiger partial charge in [-0.15, -0.1) is 6.58 Å². The van der Waals surface area contributed by atoms with Gasteiger partial charge in [-0.2, -0.15) is 0 Å². The van der Waals surface area contributed by atoms with Crippen LogP contribution in [0.25, 0.3) is 21.9 Å². The first-order valence-electron chi connectivity index (χ1n) is 12.3. The van der Waals surface area contributed by atoms with E-state index in [0.717, 1.165) is 24.7 Å². The van der Waals surface area contributed by atoms with Crippen LogP contribution < -0.4 is 0 Å². The van der Waals surface area contributed by atoms with E-state index in [0.29, 0.717) is 22.9 Å². The number of aryl methyl sites for hydroxylation is 2. The van der Waals surface area contributed by atoms with Crippen molar-refractivity contribution in [2.45, 2.75) is 64.7 Å². The molecule has 4 rings (SSSR count). The zero-order valence-electron chi connectivity index (χ0n) is 19.5. The molecule has 3 heteroatoms. The molecule has 1 fully saturated rings. The Balaban J connectivity index is 1.44. The van der Waals surface area contributed by atoms with Gasteiger partial charge in [0.25, 0.3) is 0 Å². The van der Waals surface area contributed by atoms with E-state index in [1.165, 1.54) is 44.1 Å². The lowest BCUT2D eigenvalue weighted by Gasteiger charge is -2.28.